The minimum atomic E-state index is -4.44. The van der Waals surface area contributed by atoms with Crippen LogP contribution in [0.1, 0.15) is 38.7 Å². The second-order valence-corrected chi connectivity index (χ2v) is 6.32. The summed E-state index contributed by atoms with van der Waals surface area (Å²) in [6, 6.07) is 6.67. The van der Waals surface area contributed by atoms with Crippen molar-refractivity contribution >= 4 is 11.9 Å². The molecule has 0 atom stereocenters. The fraction of sp³-hybridized carbons (Fsp3) is 0.529. The molecule has 1 aromatic rings. The van der Waals surface area contributed by atoms with Crippen molar-refractivity contribution in [1.82, 2.24) is 5.32 Å². The van der Waals surface area contributed by atoms with Gasteiger partial charge in [-0.15, -0.1) is 0 Å². The van der Waals surface area contributed by atoms with Gasteiger partial charge in [-0.05, 0) is 24.1 Å². The Morgan fingerprint density at radius 3 is 2.28 bits per heavy atom. The molecule has 0 aliphatic heterocycles. The molecule has 140 valence electrons. The van der Waals surface area contributed by atoms with Crippen LogP contribution in [0.5, 0.6) is 5.75 Å². The van der Waals surface area contributed by atoms with Gasteiger partial charge in [-0.3, -0.25) is 9.59 Å². The minimum absolute atomic E-state index is 0.0262. The summed E-state index contributed by atoms with van der Waals surface area (Å²) in [6.45, 7) is 2.37. The van der Waals surface area contributed by atoms with Crippen LogP contribution in [-0.2, 0) is 16.1 Å². The molecule has 0 aliphatic rings. The molecule has 2 N–H and O–H groups in total. The molecule has 8 heteroatoms. The molecule has 0 spiro atoms. The summed E-state index contributed by atoms with van der Waals surface area (Å²) in [5.41, 5.74) is -1.36. The molecule has 0 saturated carbocycles. The third-order valence-corrected chi connectivity index (χ3v) is 3.59. The quantitative estimate of drug-likeness (QED) is 0.660. The van der Waals surface area contributed by atoms with Crippen LogP contribution < -0.4 is 10.1 Å². The van der Waals surface area contributed by atoms with Crippen molar-refractivity contribution in [1.29, 1.82) is 0 Å². The van der Waals surface area contributed by atoms with Crippen LogP contribution in [0.3, 0.4) is 0 Å². The highest BCUT2D eigenvalue weighted by Crippen LogP contribution is 2.40. The number of halogens is 3. The summed E-state index contributed by atoms with van der Waals surface area (Å²) in [5, 5.41) is 11.0. The van der Waals surface area contributed by atoms with Crippen molar-refractivity contribution in [3.63, 3.8) is 0 Å². The van der Waals surface area contributed by atoms with Gasteiger partial charge in [-0.25, -0.2) is 0 Å². The summed E-state index contributed by atoms with van der Waals surface area (Å²) < 4.78 is 43.6. The zero-order valence-electron chi connectivity index (χ0n) is 14.2. The van der Waals surface area contributed by atoms with E-state index in [1.807, 2.05) is 0 Å². The van der Waals surface area contributed by atoms with E-state index in [9.17, 15) is 22.8 Å². The van der Waals surface area contributed by atoms with E-state index in [0.717, 1.165) is 19.4 Å². The molecule has 5 nitrogen and oxygen atoms in total. The fourth-order valence-corrected chi connectivity index (χ4v) is 1.88. The molecule has 0 aromatic heterocycles. The smallest absolute Gasteiger partial charge is 0.394 e. The predicted octanol–water partition coefficient (Wildman–Crippen LogP) is 3.53. The SMILES string of the molecule is CC(C)(CC(=O)NCc1ccc(OCCCC(=O)O)cc1)C(F)(F)F. The van der Waals surface area contributed by atoms with Crippen LogP contribution in [0.2, 0.25) is 0 Å². The zero-order chi connectivity index (χ0) is 19.1. The van der Waals surface area contributed by atoms with Crippen LogP contribution >= 0.6 is 0 Å². The third kappa shape index (κ3) is 7.45. The Morgan fingerprint density at radius 1 is 1.16 bits per heavy atom. The van der Waals surface area contributed by atoms with Gasteiger partial charge in [0, 0.05) is 19.4 Å². The normalized spacial score (nSPS) is 11.9. The van der Waals surface area contributed by atoms with E-state index in [-0.39, 0.29) is 19.6 Å². The summed E-state index contributed by atoms with van der Waals surface area (Å²) in [7, 11) is 0. The van der Waals surface area contributed by atoms with Gasteiger partial charge in [-0.2, -0.15) is 13.2 Å². The van der Waals surface area contributed by atoms with E-state index in [1.165, 1.54) is 0 Å². The first-order valence-electron chi connectivity index (χ1n) is 7.78. The third-order valence-electron chi connectivity index (χ3n) is 3.59. The van der Waals surface area contributed by atoms with Gasteiger partial charge >= 0.3 is 12.1 Å². The van der Waals surface area contributed by atoms with Crippen molar-refractivity contribution < 1.29 is 32.6 Å². The Labute approximate surface area is 144 Å². The second kappa shape index (κ2) is 8.73. The summed E-state index contributed by atoms with van der Waals surface area (Å²) in [4.78, 5) is 22.1. The molecule has 25 heavy (non-hydrogen) atoms. The number of carbonyl (C=O) groups excluding carboxylic acids is 1. The molecule has 0 heterocycles. The Kier molecular flexibility index (Phi) is 7.26. The Balaban J connectivity index is 2.40. The summed E-state index contributed by atoms with van der Waals surface area (Å²) in [5.74, 6) is -1.00. The largest absolute Gasteiger partial charge is 0.494 e. The molecular formula is C17H22F3NO4. The lowest BCUT2D eigenvalue weighted by molar-refractivity contribution is -0.213. The number of rotatable bonds is 9. The average molecular weight is 361 g/mol. The molecule has 0 fully saturated rings. The first-order chi connectivity index (χ1) is 11.5. The van der Waals surface area contributed by atoms with Gasteiger partial charge in [0.1, 0.15) is 5.75 Å². The highest BCUT2D eigenvalue weighted by atomic mass is 19.4. The first-order valence-corrected chi connectivity index (χ1v) is 7.78. The number of aliphatic carboxylic acids is 1. The molecule has 0 aliphatic carbocycles. The molecule has 1 rings (SSSR count). The maximum atomic E-state index is 12.7. The first kappa shape index (κ1) is 20.8. The Hall–Kier alpha value is -2.25. The highest BCUT2D eigenvalue weighted by Gasteiger charge is 2.48. The maximum Gasteiger partial charge on any atom is 0.394 e. The van der Waals surface area contributed by atoms with E-state index >= 15 is 0 Å². The molecule has 0 saturated heterocycles. The van der Waals surface area contributed by atoms with Crippen LogP contribution in [0, 0.1) is 5.41 Å². The van der Waals surface area contributed by atoms with Crippen molar-refractivity contribution in [2.45, 2.75) is 45.8 Å². The number of benzene rings is 1. The van der Waals surface area contributed by atoms with E-state index in [0.29, 0.717) is 12.2 Å². The second-order valence-electron chi connectivity index (χ2n) is 6.32. The van der Waals surface area contributed by atoms with E-state index in [4.69, 9.17) is 9.84 Å². The standard InChI is InChI=1S/C17H22F3NO4/c1-16(2,17(18,19)20)10-14(22)21-11-12-5-7-13(8-6-12)25-9-3-4-15(23)24/h5-8H,3-4,9-11H2,1-2H3,(H,21,22)(H,23,24). The van der Waals surface area contributed by atoms with E-state index in [2.05, 4.69) is 5.32 Å². The van der Waals surface area contributed by atoms with Gasteiger partial charge in [0.2, 0.25) is 5.91 Å². The molecule has 0 unspecified atom stereocenters. The van der Waals surface area contributed by atoms with Crippen LogP contribution in [0.15, 0.2) is 24.3 Å². The number of ether oxygens (including phenoxy) is 1. The van der Waals surface area contributed by atoms with Gasteiger partial charge in [0.15, 0.2) is 0 Å². The number of nitrogens with one attached hydrogen (secondary N) is 1. The van der Waals surface area contributed by atoms with Gasteiger partial charge in [0.25, 0.3) is 0 Å². The lowest BCUT2D eigenvalue weighted by atomic mass is 9.88. The topological polar surface area (TPSA) is 75.6 Å². The maximum absolute atomic E-state index is 12.7. The lowest BCUT2D eigenvalue weighted by Crippen LogP contribution is -2.37. The van der Waals surface area contributed by atoms with E-state index in [1.54, 1.807) is 24.3 Å². The van der Waals surface area contributed by atoms with Crippen molar-refractivity contribution in [3.8, 4) is 5.75 Å². The number of hydrogen-bond donors (Lipinski definition) is 2. The fourth-order valence-electron chi connectivity index (χ4n) is 1.88. The zero-order valence-corrected chi connectivity index (χ0v) is 14.2. The molecule has 0 bridgehead atoms. The van der Waals surface area contributed by atoms with Crippen molar-refractivity contribution in [3.05, 3.63) is 29.8 Å². The lowest BCUT2D eigenvalue weighted by Gasteiger charge is -2.26. The van der Waals surface area contributed by atoms with Crippen LogP contribution in [-0.4, -0.2) is 29.8 Å². The van der Waals surface area contributed by atoms with Gasteiger partial charge in [-0.1, -0.05) is 26.0 Å². The summed E-state index contributed by atoms with van der Waals surface area (Å²) >= 11 is 0. The highest BCUT2D eigenvalue weighted by molar-refractivity contribution is 5.76. The van der Waals surface area contributed by atoms with Gasteiger partial charge < -0.3 is 15.2 Å². The molecule has 1 aromatic carbocycles. The number of hydrogen-bond acceptors (Lipinski definition) is 3. The Morgan fingerprint density at radius 2 is 1.76 bits per heavy atom. The minimum Gasteiger partial charge on any atom is -0.494 e. The number of carbonyl (C=O) groups is 2. The monoisotopic (exact) mass is 361 g/mol. The predicted molar refractivity (Wildman–Crippen MR) is 85.1 cm³/mol. The number of carboxylic acid groups (broad SMARTS) is 1. The van der Waals surface area contributed by atoms with Crippen LogP contribution in [0.4, 0.5) is 13.2 Å². The van der Waals surface area contributed by atoms with Crippen molar-refractivity contribution in [2.24, 2.45) is 5.41 Å². The summed E-state index contributed by atoms with van der Waals surface area (Å²) in [6.07, 6.45) is -4.66. The molecular weight excluding hydrogens is 339 g/mol. The van der Waals surface area contributed by atoms with E-state index < -0.39 is 29.9 Å². The number of amides is 1. The Bertz CT molecular complexity index is 583. The van der Waals surface area contributed by atoms with Crippen molar-refractivity contribution in [2.75, 3.05) is 6.61 Å². The van der Waals surface area contributed by atoms with Crippen LogP contribution in [0.25, 0.3) is 0 Å². The average Bonchev–Trinajstić information content (AvgIpc) is 2.49. The molecule has 1 amide bonds. The molecule has 0 radical (unpaired) electrons. The number of alkyl halides is 3. The number of carboxylic acids is 1. The van der Waals surface area contributed by atoms with Gasteiger partial charge in [0.05, 0.1) is 12.0 Å².